The summed E-state index contributed by atoms with van der Waals surface area (Å²) in [5, 5.41) is 3.29. The lowest BCUT2D eigenvalue weighted by atomic mass is 10.0. The Labute approximate surface area is 177 Å². The topological polar surface area (TPSA) is 102 Å². The van der Waals surface area contributed by atoms with E-state index < -0.39 is 5.91 Å². The molecule has 0 unspecified atom stereocenters. The first-order valence-corrected chi connectivity index (χ1v) is 11.2. The highest BCUT2D eigenvalue weighted by Crippen LogP contribution is 2.37. The molecule has 3 rings (SSSR count). The molecule has 0 saturated carbocycles. The Balaban J connectivity index is 1.88. The second kappa shape index (κ2) is 9.32. The van der Waals surface area contributed by atoms with Crippen molar-refractivity contribution in [2.45, 2.75) is 31.7 Å². The van der Waals surface area contributed by atoms with Gasteiger partial charge in [0.15, 0.2) is 0 Å². The minimum Gasteiger partial charge on any atom is -0.450 e. The van der Waals surface area contributed by atoms with Crippen LogP contribution in [-0.4, -0.2) is 41.7 Å². The maximum Gasteiger partial charge on any atom is 0.410 e. The monoisotopic (exact) mass is 433 g/mol. The van der Waals surface area contributed by atoms with Crippen molar-refractivity contribution in [3.05, 3.63) is 45.8 Å². The van der Waals surface area contributed by atoms with Crippen molar-refractivity contribution in [3.8, 4) is 0 Å². The summed E-state index contributed by atoms with van der Waals surface area (Å²) in [6.07, 6.45) is 0.101. The molecule has 3 N–H and O–H groups in total. The van der Waals surface area contributed by atoms with E-state index in [4.69, 9.17) is 10.5 Å². The molecule has 2 heterocycles. The highest BCUT2D eigenvalue weighted by atomic mass is 32.2. The SMILES string of the molecule is CCOC(=O)N1CCc2c(sc(NC(=O)c3ccccc3SCC)c2C(N)=O)C1. The Bertz CT molecular complexity index is 942. The lowest BCUT2D eigenvalue weighted by Gasteiger charge is -2.26. The molecule has 3 amide bonds. The first-order valence-electron chi connectivity index (χ1n) is 9.35. The molecular formula is C20H23N3O4S2. The molecule has 0 radical (unpaired) electrons. The van der Waals surface area contributed by atoms with Gasteiger partial charge in [-0.25, -0.2) is 4.79 Å². The van der Waals surface area contributed by atoms with Crippen LogP contribution >= 0.6 is 23.1 Å². The normalized spacial score (nSPS) is 13.0. The van der Waals surface area contributed by atoms with Crippen molar-refractivity contribution in [3.63, 3.8) is 0 Å². The maximum atomic E-state index is 12.9. The summed E-state index contributed by atoms with van der Waals surface area (Å²) in [7, 11) is 0. The van der Waals surface area contributed by atoms with Crippen molar-refractivity contribution in [1.29, 1.82) is 0 Å². The van der Waals surface area contributed by atoms with Gasteiger partial charge in [-0.3, -0.25) is 9.59 Å². The van der Waals surface area contributed by atoms with Crippen LogP contribution in [-0.2, 0) is 17.7 Å². The fraction of sp³-hybridized carbons (Fsp3) is 0.350. The fourth-order valence-corrected chi connectivity index (χ4v) is 5.29. The lowest BCUT2D eigenvalue weighted by Crippen LogP contribution is -2.36. The Kier molecular flexibility index (Phi) is 6.81. The zero-order valence-electron chi connectivity index (χ0n) is 16.3. The predicted octanol–water partition coefficient (Wildman–Crippen LogP) is 3.73. The summed E-state index contributed by atoms with van der Waals surface area (Å²) >= 11 is 2.86. The quantitative estimate of drug-likeness (QED) is 0.676. The van der Waals surface area contributed by atoms with E-state index in [-0.39, 0.29) is 12.0 Å². The van der Waals surface area contributed by atoms with Crippen LogP contribution in [0.15, 0.2) is 29.2 Å². The van der Waals surface area contributed by atoms with E-state index in [2.05, 4.69) is 5.32 Å². The number of nitrogens with zero attached hydrogens (tertiary/aromatic N) is 1. The number of thioether (sulfide) groups is 1. The maximum absolute atomic E-state index is 12.9. The van der Waals surface area contributed by atoms with E-state index in [1.54, 1.807) is 35.7 Å². The molecular weight excluding hydrogens is 410 g/mol. The van der Waals surface area contributed by atoms with Crippen LogP contribution in [0.2, 0.25) is 0 Å². The van der Waals surface area contributed by atoms with Gasteiger partial charge in [0.05, 0.1) is 24.3 Å². The van der Waals surface area contributed by atoms with Crippen LogP contribution in [0.3, 0.4) is 0 Å². The van der Waals surface area contributed by atoms with E-state index in [0.717, 1.165) is 21.1 Å². The Morgan fingerprint density at radius 3 is 2.72 bits per heavy atom. The molecule has 0 spiro atoms. The summed E-state index contributed by atoms with van der Waals surface area (Å²) in [6, 6.07) is 7.35. The number of amides is 3. The molecule has 0 atom stereocenters. The molecule has 0 bridgehead atoms. The van der Waals surface area contributed by atoms with Crippen LogP contribution in [0.4, 0.5) is 9.80 Å². The van der Waals surface area contributed by atoms with Gasteiger partial charge in [0.1, 0.15) is 5.00 Å². The first kappa shape index (κ1) is 21.2. The number of fused-ring (bicyclic) bond motifs is 1. The van der Waals surface area contributed by atoms with Crippen molar-refractivity contribution in [1.82, 2.24) is 4.90 Å². The van der Waals surface area contributed by atoms with Gasteiger partial charge < -0.3 is 20.7 Å². The van der Waals surface area contributed by atoms with Crippen molar-refractivity contribution >= 4 is 46.0 Å². The summed E-state index contributed by atoms with van der Waals surface area (Å²) in [6.45, 7) is 4.85. The molecule has 1 aliphatic rings. The zero-order chi connectivity index (χ0) is 21.0. The Hall–Kier alpha value is -2.52. The number of hydrogen-bond acceptors (Lipinski definition) is 6. The summed E-state index contributed by atoms with van der Waals surface area (Å²) < 4.78 is 5.07. The number of primary amides is 1. The van der Waals surface area contributed by atoms with E-state index in [9.17, 15) is 14.4 Å². The first-order chi connectivity index (χ1) is 14.0. The van der Waals surface area contributed by atoms with E-state index >= 15 is 0 Å². The van der Waals surface area contributed by atoms with Gasteiger partial charge in [0, 0.05) is 16.3 Å². The molecule has 1 aromatic heterocycles. The smallest absolute Gasteiger partial charge is 0.410 e. The van der Waals surface area contributed by atoms with Crippen molar-refractivity contribution in [2.75, 3.05) is 24.2 Å². The highest BCUT2D eigenvalue weighted by molar-refractivity contribution is 7.99. The lowest BCUT2D eigenvalue weighted by molar-refractivity contribution is 0.0997. The third kappa shape index (κ3) is 4.56. The van der Waals surface area contributed by atoms with Crippen LogP contribution in [0.5, 0.6) is 0 Å². The number of carbonyl (C=O) groups is 3. The number of benzene rings is 1. The summed E-state index contributed by atoms with van der Waals surface area (Å²) in [5.74, 6) is -0.0307. The van der Waals surface area contributed by atoms with E-state index in [1.807, 2.05) is 19.1 Å². The molecule has 1 aromatic carbocycles. The zero-order valence-corrected chi connectivity index (χ0v) is 18.0. The van der Waals surface area contributed by atoms with Crippen LogP contribution < -0.4 is 11.1 Å². The van der Waals surface area contributed by atoms with Gasteiger partial charge in [0.2, 0.25) is 0 Å². The van der Waals surface area contributed by atoms with E-state index in [1.165, 1.54) is 11.3 Å². The summed E-state index contributed by atoms with van der Waals surface area (Å²) in [4.78, 5) is 40.4. The standard InChI is InChI=1S/C20H23N3O4S2/c1-3-27-20(26)23-10-9-12-15(11-23)29-19(16(12)17(21)24)22-18(25)13-7-5-6-8-14(13)28-4-2/h5-8H,3-4,9-11H2,1-2H3,(H2,21,24)(H,22,25). The van der Waals surface area contributed by atoms with Gasteiger partial charge in [0.25, 0.3) is 11.8 Å². The van der Waals surface area contributed by atoms with E-state index in [0.29, 0.717) is 42.2 Å². The third-order valence-corrected chi connectivity index (χ3v) is 6.58. The van der Waals surface area contributed by atoms with Gasteiger partial charge in [-0.2, -0.15) is 0 Å². The van der Waals surface area contributed by atoms with Gasteiger partial charge in [-0.05, 0) is 36.8 Å². The van der Waals surface area contributed by atoms with Gasteiger partial charge >= 0.3 is 6.09 Å². The second-order valence-corrected chi connectivity index (χ2v) is 8.74. The largest absolute Gasteiger partial charge is 0.450 e. The molecule has 7 nitrogen and oxygen atoms in total. The minimum atomic E-state index is -0.585. The number of rotatable bonds is 6. The van der Waals surface area contributed by atoms with Gasteiger partial charge in [-0.1, -0.05) is 19.1 Å². The number of carbonyl (C=O) groups excluding carboxylic acids is 3. The average Bonchev–Trinajstić information content (AvgIpc) is 3.05. The predicted molar refractivity (Wildman–Crippen MR) is 115 cm³/mol. The van der Waals surface area contributed by atoms with Crippen LogP contribution in [0, 0.1) is 0 Å². The number of hydrogen-bond donors (Lipinski definition) is 2. The summed E-state index contributed by atoms with van der Waals surface area (Å²) in [5.41, 5.74) is 7.31. The third-order valence-electron chi connectivity index (χ3n) is 4.49. The fourth-order valence-electron chi connectivity index (χ4n) is 3.23. The number of nitrogens with two attached hydrogens (primary N) is 1. The molecule has 2 aromatic rings. The van der Waals surface area contributed by atoms with Crippen LogP contribution in [0.1, 0.15) is 45.0 Å². The van der Waals surface area contributed by atoms with Crippen molar-refractivity contribution < 1.29 is 19.1 Å². The average molecular weight is 434 g/mol. The van der Waals surface area contributed by atoms with Gasteiger partial charge in [-0.15, -0.1) is 23.1 Å². The number of thiophene rings is 1. The van der Waals surface area contributed by atoms with Crippen molar-refractivity contribution in [2.24, 2.45) is 5.73 Å². The molecule has 0 saturated heterocycles. The Morgan fingerprint density at radius 1 is 1.28 bits per heavy atom. The number of nitrogens with one attached hydrogen (secondary N) is 1. The molecule has 9 heteroatoms. The molecule has 154 valence electrons. The second-order valence-electron chi connectivity index (χ2n) is 6.33. The molecule has 0 aliphatic carbocycles. The molecule has 1 aliphatic heterocycles. The Morgan fingerprint density at radius 2 is 2.03 bits per heavy atom. The molecule has 29 heavy (non-hydrogen) atoms. The number of ether oxygens (including phenoxy) is 1. The van der Waals surface area contributed by atoms with Crippen LogP contribution in [0.25, 0.3) is 0 Å². The minimum absolute atomic E-state index is 0.287. The molecule has 0 fully saturated rings. The number of anilines is 1. The highest BCUT2D eigenvalue weighted by Gasteiger charge is 2.30.